The second-order valence-corrected chi connectivity index (χ2v) is 5.64. The van der Waals surface area contributed by atoms with E-state index in [4.69, 9.17) is 10.00 Å². The zero-order chi connectivity index (χ0) is 16.9. The van der Waals surface area contributed by atoms with Crippen molar-refractivity contribution in [1.29, 1.82) is 5.26 Å². The summed E-state index contributed by atoms with van der Waals surface area (Å²) in [4.78, 5) is 11.9. The third-order valence-electron chi connectivity index (χ3n) is 3.87. The van der Waals surface area contributed by atoms with Gasteiger partial charge >= 0.3 is 6.18 Å². The molecule has 1 saturated carbocycles. The van der Waals surface area contributed by atoms with Gasteiger partial charge in [-0.1, -0.05) is 12.8 Å². The highest BCUT2D eigenvalue weighted by Crippen LogP contribution is 2.27. The number of nitrogens with zero attached hydrogens (tertiary/aromatic N) is 3. The molecular formula is C15H18F3N3O2. The fourth-order valence-corrected chi connectivity index (χ4v) is 2.70. The van der Waals surface area contributed by atoms with Gasteiger partial charge in [-0.3, -0.25) is 4.79 Å². The van der Waals surface area contributed by atoms with Gasteiger partial charge in [-0.2, -0.15) is 23.5 Å². The van der Waals surface area contributed by atoms with Crippen LogP contribution in [-0.2, 0) is 23.9 Å². The van der Waals surface area contributed by atoms with Crippen molar-refractivity contribution in [3.05, 3.63) is 27.7 Å². The number of hydrogen-bond donors (Lipinski definition) is 0. The van der Waals surface area contributed by atoms with Crippen molar-refractivity contribution in [1.82, 2.24) is 9.78 Å². The van der Waals surface area contributed by atoms with Crippen LogP contribution in [0.15, 0.2) is 10.9 Å². The Hall–Kier alpha value is -1.88. The number of rotatable bonds is 6. The Kier molecular flexibility index (Phi) is 5.77. The molecule has 1 heterocycles. The van der Waals surface area contributed by atoms with Crippen LogP contribution in [-0.4, -0.2) is 23.0 Å². The number of ether oxygens (including phenoxy) is 1. The van der Waals surface area contributed by atoms with Gasteiger partial charge in [-0.15, -0.1) is 0 Å². The number of aromatic nitrogens is 2. The smallest absolute Gasteiger partial charge is 0.379 e. The van der Waals surface area contributed by atoms with Gasteiger partial charge in [0.15, 0.2) is 0 Å². The molecule has 0 amide bonds. The van der Waals surface area contributed by atoms with E-state index in [1.807, 2.05) is 0 Å². The van der Waals surface area contributed by atoms with E-state index >= 15 is 0 Å². The molecule has 126 valence electrons. The number of hydrogen-bond acceptors (Lipinski definition) is 4. The molecule has 0 bridgehead atoms. The average molecular weight is 329 g/mol. The van der Waals surface area contributed by atoms with Crippen LogP contribution in [0, 0.1) is 17.2 Å². The van der Waals surface area contributed by atoms with Crippen LogP contribution in [0.25, 0.3) is 0 Å². The predicted molar refractivity (Wildman–Crippen MR) is 75.6 cm³/mol. The minimum absolute atomic E-state index is 0.0616. The van der Waals surface area contributed by atoms with Crippen molar-refractivity contribution in [2.75, 3.05) is 13.2 Å². The number of halogens is 3. The summed E-state index contributed by atoms with van der Waals surface area (Å²) in [5.41, 5.74) is -2.58. The topological polar surface area (TPSA) is 67.9 Å². The van der Waals surface area contributed by atoms with Crippen LogP contribution in [0.2, 0.25) is 0 Å². The summed E-state index contributed by atoms with van der Waals surface area (Å²) in [5.74, 6) is 0.496. The molecule has 8 heteroatoms. The summed E-state index contributed by atoms with van der Waals surface area (Å²) < 4.78 is 44.9. The minimum atomic E-state index is -4.77. The first-order chi connectivity index (χ1) is 10.9. The normalized spacial score (nSPS) is 15.7. The molecule has 23 heavy (non-hydrogen) atoms. The maximum Gasteiger partial charge on any atom is 0.421 e. The van der Waals surface area contributed by atoms with Crippen molar-refractivity contribution in [3.63, 3.8) is 0 Å². The largest absolute Gasteiger partial charge is 0.421 e. The zero-order valence-electron chi connectivity index (χ0n) is 12.6. The first-order valence-corrected chi connectivity index (χ1v) is 7.54. The number of alkyl halides is 3. The Bertz CT molecular complexity index is 628. The van der Waals surface area contributed by atoms with E-state index in [1.54, 1.807) is 6.07 Å². The molecule has 1 aliphatic carbocycles. The lowest BCUT2D eigenvalue weighted by atomic mass is 10.1. The predicted octanol–water partition coefficient (Wildman–Crippen LogP) is 2.53. The summed E-state index contributed by atoms with van der Waals surface area (Å²) in [6.45, 7) is 0.614. The first-order valence-electron chi connectivity index (χ1n) is 7.54. The molecule has 2 rings (SSSR count). The molecule has 5 nitrogen and oxygen atoms in total. The minimum Gasteiger partial charge on any atom is -0.379 e. The lowest BCUT2D eigenvalue weighted by Gasteiger charge is -2.13. The van der Waals surface area contributed by atoms with E-state index in [9.17, 15) is 18.0 Å². The van der Waals surface area contributed by atoms with Crippen LogP contribution in [0.4, 0.5) is 13.2 Å². The molecule has 0 N–H and O–H groups in total. The average Bonchev–Trinajstić information content (AvgIpc) is 2.98. The molecular weight excluding hydrogens is 311 g/mol. The molecule has 0 atom stereocenters. The SMILES string of the molecule is N#CCc1cc(C(F)(F)F)c(=O)n(CCOCC2CCCC2)n1. The van der Waals surface area contributed by atoms with E-state index < -0.39 is 17.3 Å². The van der Waals surface area contributed by atoms with Crippen molar-refractivity contribution >= 4 is 0 Å². The van der Waals surface area contributed by atoms with Gasteiger partial charge in [0.25, 0.3) is 5.56 Å². The molecule has 0 saturated heterocycles. The second kappa shape index (κ2) is 7.59. The van der Waals surface area contributed by atoms with Crippen molar-refractivity contribution in [2.24, 2.45) is 5.92 Å². The molecule has 0 aromatic carbocycles. The summed E-state index contributed by atoms with van der Waals surface area (Å²) in [7, 11) is 0. The lowest BCUT2D eigenvalue weighted by Crippen LogP contribution is -2.32. The third kappa shape index (κ3) is 4.79. The Morgan fingerprint density at radius 1 is 1.39 bits per heavy atom. The Morgan fingerprint density at radius 3 is 2.70 bits per heavy atom. The molecule has 0 aliphatic heterocycles. The van der Waals surface area contributed by atoms with Crippen LogP contribution >= 0.6 is 0 Å². The summed E-state index contributed by atoms with van der Waals surface area (Å²) in [6, 6.07) is 2.38. The second-order valence-electron chi connectivity index (χ2n) is 5.64. The Balaban J connectivity index is 2.05. The summed E-state index contributed by atoms with van der Waals surface area (Å²) in [5, 5.41) is 12.4. The van der Waals surface area contributed by atoms with Crippen molar-refractivity contribution in [2.45, 2.75) is 44.8 Å². The van der Waals surface area contributed by atoms with E-state index in [0.29, 0.717) is 18.6 Å². The number of nitriles is 1. The highest BCUT2D eigenvalue weighted by molar-refractivity contribution is 5.18. The lowest BCUT2D eigenvalue weighted by molar-refractivity contribution is -0.139. The third-order valence-corrected chi connectivity index (χ3v) is 3.87. The fraction of sp³-hybridized carbons (Fsp3) is 0.667. The molecule has 1 aromatic rings. The molecule has 0 spiro atoms. The van der Waals surface area contributed by atoms with Gasteiger partial charge in [0.1, 0.15) is 5.56 Å². The van der Waals surface area contributed by atoms with Crippen LogP contribution in [0.3, 0.4) is 0 Å². The van der Waals surface area contributed by atoms with Gasteiger partial charge in [0, 0.05) is 6.61 Å². The van der Waals surface area contributed by atoms with Gasteiger partial charge in [-0.25, -0.2) is 4.68 Å². The highest BCUT2D eigenvalue weighted by atomic mass is 19.4. The van der Waals surface area contributed by atoms with Crippen molar-refractivity contribution < 1.29 is 17.9 Å². The fourth-order valence-electron chi connectivity index (χ4n) is 2.70. The van der Waals surface area contributed by atoms with E-state index in [2.05, 4.69) is 5.10 Å². The highest BCUT2D eigenvalue weighted by Gasteiger charge is 2.35. The maximum atomic E-state index is 12.9. The summed E-state index contributed by atoms with van der Waals surface area (Å²) >= 11 is 0. The summed E-state index contributed by atoms with van der Waals surface area (Å²) in [6.07, 6.45) is -0.481. The van der Waals surface area contributed by atoms with Gasteiger partial charge in [0.2, 0.25) is 0 Å². The maximum absolute atomic E-state index is 12.9. The van der Waals surface area contributed by atoms with Gasteiger partial charge in [-0.05, 0) is 24.8 Å². The van der Waals surface area contributed by atoms with E-state index in [0.717, 1.165) is 17.5 Å². The van der Waals surface area contributed by atoms with Crippen molar-refractivity contribution in [3.8, 4) is 6.07 Å². The van der Waals surface area contributed by atoms with E-state index in [-0.39, 0.29) is 25.3 Å². The van der Waals surface area contributed by atoms with E-state index in [1.165, 1.54) is 12.8 Å². The quantitative estimate of drug-likeness (QED) is 0.752. The standard InChI is InChI=1S/C15H18F3N3O2/c16-15(17,18)13-9-12(5-6-19)20-21(14(13)22)7-8-23-10-11-3-1-2-4-11/h9,11H,1-5,7-8,10H2. The Morgan fingerprint density at radius 2 is 2.09 bits per heavy atom. The monoisotopic (exact) mass is 329 g/mol. The van der Waals surface area contributed by atoms with Crippen LogP contribution in [0.1, 0.15) is 36.9 Å². The molecule has 1 aromatic heterocycles. The molecule has 1 aliphatic rings. The van der Waals surface area contributed by atoms with Gasteiger partial charge in [0.05, 0.1) is 31.3 Å². The molecule has 0 radical (unpaired) electrons. The molecule has 0 unspecified atom stereocenters. The first kappa shape index (κ1) is 17.5. The van der Waals surface area contributed by atoms with Crippen LogP contribution < -0.4 is 5.56 Å². The Labute approximate surface area is 131 Å². The zero-order valence-corrected chi connectivity index (χ0v) is 12.6. The van der Waals surface area contributed by atoms with Gasteiger partial charge < -0.3 is 4.74 Å². The van der Waals surface area contributed by atoms with Crippen LogP contribution in [0.5, 0.6) is 0 Å². The molecule has 1 fully saturated rings.